The Labute approximate surface area is 103 Å². The molecule has 0 amide bonds. The highest BCUT2D eigenvalue weighted by molar-refractivity contribution is 5.26. The fraction of sp³-hybridized carbons (Fsp3) is 0.571. The van der Waals surface area contributed by atoms with Gasteiger partial charge in [0.25, 0.3) is 0 Å². The minimum Gasteiger partial charge on any atom is -0.312 e. The molecule has 2 nitrogen and oxygen atoms in total. The topological polar surface area (TPSA) is 15.3 Å². The van der Waals surface area contributed by atoms with Gasteiger partial charge in [-0.15, -0.1) is 0 Å². The average Bonchev–Trinajstić information content (AvgIpc) is 2.69. The highest BCUT2D eigenvalue weighted by atomic mass is 19.1. The van der Waals surface area contributed by atoms with Crippen LogP contribution in [0.1, 0.15) is 17.5 Å². The Morgan fingerprint density at radius 1 is 1.47 bits per heavy atom. The molecule has 1 fully saturated rings. The van der Waals surface area contributed by atoms with Gasteiger partial charge in [0.15, 0.2) is 0 Å². The maximum absolute atomic E-state index is 13.1. The molecule has 1 aromatic rings. The van der Waals surface area contributed by atoms with Crippen molar-refractivity contribution in [1.29, 1.82) is 0 Å². The first-order chi connectivity index (χ1) is 8.15. The number of hydrogen-bond acceptors (Lipinski definition) is 2. The summed E-state index contributed by atoms with van der Waals surface area (Å²) in [7, 11) is 2.16. The van der Waals surface area contributed by atoms with Crippen LogP contribution in [0.3, 0.4) is 0 Å². The third kappa shape index (κ3) is 3.51. The molecule has 1 atom stereocenters. The van der Waals surface area contributed by atoms with Gasteiger partial charge in [0.2, 0.25) is 0 Å². The zero-order chi connectivity index (χ0) is 12.3. The van der Waals surface area contributed by atoms with Gasteiger partial charge in [-0.1, -0.05) is 6.07 Å². The average molecular weight is 236 g/mol. The molecule has 0 radical (unpaired) electrons. The van der Waals surface area contributed by atoms with Crippen LogP contribution in [0.25, 0.3) is 0 Å². The number of aryl methyl sites for hydroxylation is 1. The van der Waals surface area contributed by atoms with Crippen molar-refractivity contribution in [2.24, 2.45) is 5.92 Å². The monoisotopic (exact) mass is 236 g/mol. The number of rotatable bonds is 4. The Morgan fingerprint density at radius 3 is 3.00 bits per heavy atom. The SMILES string of the molecule is Cc1ccc(F)cc1CNCC1CCN(C)C1. The van der Waals surface area contributed by atoms with Crippen LogP contribution < -0.4 is 5.32 Å². The highest BCUT2D eigenvalue weighted by Gasteiger charge is 2.18. The summed E-state index contributed by atoms with van der Waals surface area (Å²) in [5.41, 5.74) is 2.22. The second-order valence-electron chi connectivity index (χ2n) is 5.12. The smallest absolute Gasteiger partial charge is 0.123 e. The van der Waals surface area contributed by atoms with Crippen molar-refractivity contribution in [2.75, 3.05) is 26.7 Å². The Hall–Kier alpha value is -0.930. The normalized spacial score (nSPS) is 21.0. The number of nitrogens with one attached hydrogen (secondary N) is 1. The lowest BCUT2D eigenvalue weighted by Gasteiger charge is -2.12. The zero-order valence-electron chi connectivity index (χ0n) is 10.7. The summed E-state index contributed by atoms with van der Waals surface area (Å²) in [6, 6.07) is 4.99. The predicted molar refractivity (Wildman–Crippen MR) is 68.4 cm³/mol. The van der Waals surface area contributed by atoms with Gasteiger partial charge in [0.05, 0.1) is 0 Å². The summed E-state index contributed by atoms with van der Waals surface area (Å²) >= 11 is 0. The van der Waals surface area contributed by atoms with Crippen LogP contribution in [0.15, 0.2) is 18.2 Å². The van der Waals surface area contributed by atoms with E-state index >= 15 is 0 Å². The van der Waals surface area contributed by atoms with Crippen molar-refractivity contribution in [2.45, 2.75) is 19.9 Å². The zero-order valence-corrected chi connectivity index (χ0v) is 10.7. The molecule has 1 saturated heterocycles. The summed E-state index contributed by atoms with van der Waals surface area (Å²) in [6.07, 6.45) is 1.27. The molecule has 0 spiro atoms. The van der Waals surface area contributed by atoms with Crippen molar-refractivity contribution in [3.8, 4) is 0 Å². The fourth-order valence-electron chi connectivity index (χ4n) is 2.43. The first kappa shape index (κ1) is 12.5. The Balaban J connectivity index is 1.80. The number of nitrogens with zero attached hydrogens (tertiary/aromatic N) is 1. The largest absolute Gasteiger partial charge is 0.312 e. The molecule has 1 unspecified atom stereocenters. The molecule has 17 heavy (non-hydrogen) atoms. The maximum atomic E-state index is 13.1. The first-order valence-electron chi connectivity index (χ1n) is 6.29. The van der Waals surface area contributed by atoms with E-state index in [0.717, 1.165) is 30.1 Å². The molecule has 1 N–H and O–H groups in total. The van der Waals surface area contributed by atoms with E-state index in [9.17, 15) is 4.39 Å². The lowest BCUT2D eigenvalue weighted by molar-refractivity contribution is 0.388. The molecule has 0 aliphatic carbocycles. The minimum atomic E-state index is -0.145. The first-order valence-corrected chi connectivity index (χ1v) is 6.29. The number of benzene rings is 1. The van der Waals surface area contributed by atoms with Crippen LogP contribution in [0.5, 0.6) is 0 Å². The van der Waals surface area contributed by atoms with Gasteiger partial charge in [0, 0.05) is 13.1 Å². The summed E-state index contributed by atoms with van der Waals surface area (Å²) < 4.78 is 13.1. The van der Waals surface area contributed by atoms with Gasteiger partial charge < -0.3 is 10.2 Å². The Kier molecular flexibility index (Phi) is 4.13. The number of halogens is 1. The van der Waals surface area contributed by atoms with E-state index in [1.54, 1.807) is 6.07 Å². The second-order valence-corrected chi connectivity index (χ2v) is 5.12. The molecule has 1 heterocycles. The van der Waals surface area contributed by atoms with Crippen molar-refractivity contribution in [3.05, 3.63) is 35.1 Å². The quantitative estimate of drug-likeness (QED) is 0.862. The molecule has 3 heteroatoms. The summed E-state index contributed by atoms with van der Waals surface area (Å²) in [4.78, 5) is 2.36. The van der Waals surface area contributed by atoms with Crippen LogP contribution >= 0.6 is 0 Å². The van der Waals surface area contributed by atoms with Crippen LogP contribution in [0.4, 0.5) is 4.39 Å². The van der Waals surface area contributed by atoms with Gasteiger partial charge in [0.1, 0.15) is 5.82 Å². The van der Waals surface area contributed by atoms with E-state index in [-0.39, 0.29) is 5.82 Å². The van der Waals surface area contributed by atoms with Crippen molar-refractivity contribution < 1.29 is 4.39 Å². The Morgan fingerprint density at radius 2 is 2.29 bits per heavy atom. The number of likely N-dealkylation sites (tertiary alicyclic amines) is 1. The second kappa shape index (κ2) is 5.61. The van der Waals surface area contributed by atoms with Gasteiger partial charge >= 0.3 is 0 Å². The third-order valence-corrected chi connectivity index (χ3v) is 3.55. The van der Waals surface area contributed by atoms with Crippen LogP contribution in [0, 0.1) is 18.7 Å². The van der Waals surface area contributed by atoms with E-state index < -0.39 is 0 Å². The molecule has 0 aromatic heterocycles. The lowest BCUT2D eigenvalue weighted by atomic mass is 10.1. The van der Waals surface area contributed by atoms with Gasteiger partial charge in [-0.2, -0.15) is 0 Å². The molecule has 2 rings (SSSR count). The third-order valence-electron chi connectivity index (χ3n) is 3.55. The van der Waals surface area contributed by atoms with E-state index in [2.05, 4.69) is 17.3 Å². The van der Waals surface area contributed by atoms with Crippen molar-refractivity contribution in [3.63, 3.8) is 0 Å². The fourth-order valence-corrected chi connectivity index (χ4v) is 2.43. The van der Waals surface area contributed by atoms with Crippen LogP contribution in [0.2, 0.25) is 0 Å². The molecule has 94 valence electrons. The van der Waals surface area contributed by atoms with E-state index in [1.165, 1.54) is 25.6 Å². The summed E-state index contributed by atoms with van der Waals surface area (Å²) in [5.74, 6) is 0.599. The van der Waals surface area contributed by atoms with Crippen molar-refractivity contribution in [1.82, 2.24) is 10.2 Å². The summed E-state index contributed by atoms with van der Waals surface area (Å²) in [5, 5.41) is 3.44. The van der Waals surface area contributed by atoms with Crippen molar-refractivity contribution >= 4 is 0 Å². The lowest BCUT2D eigenvalue weighted by Crippen LogP contribution is -2.25. The van der Waals surface area contributed by atoms with Crippen LogP contribution in [-0.2, 0) is 6.54 Å². The number of hydrogen-bond donors (Lipinski definition) is 1. The standard InChI is InChI=1S/C14H21FN2/c1-11-3-4-14(15)7-13(11)9-16-8-12-5-6-17(2)10-12/h3-4,7,12,16H,5-6,8-10H2,1-2H3. The molecule has 0 bridgehead atoms. The van der Waals surface area contributed by atoms with Gasteiger partial charge in [-0.05, 0) is 62.7 Å². The summed E-state index contributed by atoms with van der Waals surface area (Å²) in [6.45, 7) is 6.20. The van der Waals surface area contributed by atoms with Gasteiger partial charge in [-0.25, -0.2) is 4.39 Å². The molecule has 1 aromatic carbocycles. The van der Waals surface area contributed by atoms with Crippen LogP contribution in [-0.4, -0.2) is 31.6 Å². The minimum absolute atomic E-state index is 0.145. The highest BCUT2D eigenvalue weighted by Crippen LogP contribution is 2.14. The molecule has 0 saturated carbocycles. The predicted octanol–water partition coefficient (Wildman–Crippen LogP) is 2.18. The Bertz CT molecular complexity index is 378. The molecular weight excluding hydrogens is 215 g/mol. The van der Waals surface area contributed by atoms with E-state index in [0.29, 0.717) is 0 Å². The maximum Gasteiger partial charge on any atom is 0.123 e. The molecule has 1 aliphatic heterocycles. The molecular formula is C14H21FN2. The van der Waals surface area contributed by atoms with E-state index in [4.69, 9.17) is 0 Å². The molecule has 1 aliphatic rings. The van der Waals surface area contributed by atoms with E-state index in [1.807, 2.05) is 13.0 Å². The van der Waals surface area contributed by atoms with Gasteiger partial charge in [-0.3, -0.25) is 0 Å².